The van der Waals surface area contributed by atoms with E-state index in [9.17, 15) is 9.59 Å². The Morgan fingerprint density at radius 2 is 2.19 bits per heavy atom. The Hall–Kier alpha value is -2.34. The minimum atomic E-state index is -0.714. The molecule has 1 aliphatic carbocycles. The molecule has 4 rings (SSSR count). The van der Waals surface area contributed by atoms with Gasteiger partial charge in [-0.25, -0.2) is 4.39 Å². The number of benzene rings is 1. The number of nitrogens with two attached hydrogens (primary N) is 1. The zero-order chi connectivity index (χ0) is 19.5. The number of aromatic amines is 1. The number of fused-ring (bicyclic) bond motifs is 1. The second kappa shape index (κ2) is 6.09. The topological polar surface area (TPSA) is 79.2 Å². The van der Waals surface area contributed by atoms with Gasteiger partial charge in [0.05, 0.1) is 16.1 Å². The third-order valence-corrected chi connectivity index (χ3v) is 6.41. The summed E-state index contributed by atoms with van der Waals surface area (Å²) in [5.74, 6) is -1.57. The summed E-state index contributed by atoms with van der Waals surface area (Å²) in [7, 11) is 0. The Kier molecular flexibility index (Phi) is 4.07. The molecular weight excluding hydrogens is 369 g/mol. The minimum absolute atomic E-state index is 0.0422. The maximum Gasteiger partial charge on any atom is 0.250 e. The number of carbonyl (C=O) groups excluding carboxylic acids is 2. The molecule has 7 heteroatoms. The van der Waals surface area contributed by atoms with Crippen molar-refractivity contribution in [3.63, 3.8) is 0 Å². The van der Waals surface area contributed by atoms with E-state index in [1.54, 1.807) is 11.8 Å². The van der Waals surface area contributed by atoms with Crippen molar-refractivity contribution in [2.45, 2.75) is 32.1 Å². The fourth-order valence-corrected chi connectivity index (χ4v) is 4.71. The van der Waals surface area contributed by atoms with E-state index in [1.807, 2.05) is 0 Å². The van der Waals surface area contributed by atoms with E-state index in [0.29, 0.717) is 40.3 Å². The molecule has 1 saturated carbocycles. The van der Waals surface area contributed by atoms with Gasteiger partial charge in [0.1, 0.15) is 5.82 Å². The monoisotopic (exact) mass is 389 g/mol. The number of aromatic nitrogens is 1. The zero-order valence-electron chi connectivity index (χ0n) is 15.1. The molecule has 1 aromatic carbocycles. The second-order valence-corrected chi connectivity index (χ2v) is 8.20. The SMILES string of the molecule is C=CC(=O)N1CC(c2c(F)cc(C(N)=O)c3[nH]c(C)c(Cl)c23)CC2(CC2)C1. The maximum absolute atomic E-state index is 15.2. The first kappa shape index (κ1) is 18.0. The van der Waals surface area contributed by atoms with Crippen LogP contribution < -0.4 is 5.73 Å². The Bertz CT molecular complexity index is 993. The van der Waals surface area contributed by atoms with Gasteiger partial charge in [0.15, 0.2) is 0 Å². The van der Waals surface area contributed by atoms with Crippen LogP contribution in [0.2, 0.25) is 5.02 Å². The highest BCUT2D eigenvalue weighted by atomic mass is 35.5. The van der Waals surface area contributed by atoms with Crippen LogP contribution in [0.25, 0.3) is 10.9 Å². The molecule has 2 fully saturated rings. The molecule has 1 unspecified atom stereocenters. The summed E-state index contributed by atoms with van der Waals surface area (Å²) in [4.78, 5) is 28.9. The van der Waals surface area contributed by atoms with Crippen molar-refractivity contribution >= 4 is 34.3 Å². The molecule has 0 radical (unpaired) electrons. The Balaban J connectivity index is 1.89. The number of piperidine rings is 1. The van der Waals surface area contributed by atoms with Crippen LogP contribution in [0, 0.1) is 18.2 Å². The van der Waals surface area contributed by atoms with Crippen LogP contribution in [0.1, 0.15) is 46.8 Å². The molecule has 1 spiro atoms. The fraction of sp³-hybridized carbons (Fsp3) is 0.400. The van der Waals surface area contributed by atoms with Crippen LogP contribution in [0.15, 0.2) is 18.7 Å². The van der Waals surface area contributed by atoms with Gasteiger partial charge in [-0.2, -0.15) is 0 Å². The predicted octanol–water partition coefficient (Wildman–Crippen LogP) is 3.65. The highest BCUT2D eigenvalue weighted by Gasteiger charge is 2.50. The third kappa shape index (κ3) is 2.83. The van der Waals surface area contributed by atoms with Crippen LogP contribution in [-0.4, -0.2) is 34.8 Å². The number of likely N-dealkylation sites (tertiary alicyclic amines) is 1. The lowest BCUT2D eigenvalue weighted by molar-refractivity contribution is -0.128. The van der Waals surface area contributed by atoms with Crippen LogP contribution in [0.3, 0.4) is 0 Å². The number of aryl methyl sites for hydroxylation is 1. The predicted molar refractivity (Wildman–Crippen MR) is 102 cm³/mol. The summed E-state index contributed by atoms with van der Waals surface area (Å²) in [6.07, 6.45) is 4.13. The third-order valence-electron chi connectivity index (χ3n) is 5.94. The molecule has 27 heavy (non-hydrogen) atoms. The second-order valence-electron chi connectivity index (χ2n) is 7.82. The van der Waals surface area contributed by atoms with Gasteiger partial charge in [0.25, 0.3) is 5.91 Å². The molecule has 2 aromatic rings. The van der Waals surface area contributed by atoms with E-state index in [-0.39, 0.29) is 22.8 Å². The fourth-order valence-electron chi connectivity index (χ4n) is 4.46. The molecule has 0 bridgehead atoms. The highest BCUT2D eigenvalue weighted by molar-refractivity contribution is 6.37. The number of carbonyl (C=O) groups is 2. The van der Waals surface area contributed by atoms with Gasteiger partial charge >= 0.3 is 0 Å². The maximum atomic E-state index is 15.2. The number of H-pyrrole nitrogens is 1. The lowest BCUT2D eigenvalue weighted by atomic mass is 9.80. The van der Waals surface area contributed by atoms with Crippen LogP contribution in [-0.2, 0) is 4.79 Å². The zero-order valence-corrected chi connectivity index (χ0v) is 15.8. The number of halogens is 2. The summed E-state index contributed by atoms with van der Waals surface area (Å²) in [5, 5.41) is 0.885. The van der Waals surface area contributed by atoms with Crippen molar-refractivity contribution in [3.8, 4) is 0 Å². The van der Waals surface area contributed by atoms with Gasteiger partial charge in [-0.3, -0.25) is 9.59 Å². The van der Waals surface area contributed by atoms with Crippen molar-refractivity contribution in [1.29, 1.82) is 0 Å². The molecule has 2 heterocycles. The number of nitrogens with one attached hydrogen (secondary N) is 1. The molecule has 1 saturated heterocycles. The van der Waals surface area contributed by atoms with E-state index >= 15 is 4.39 Å². The van der Waals surface area contributed by atoms with Crippen molar-refractivity contribution in [2.24, 2.45) is 11.1 Å². The van der Waals surface area contributed by atoms with E-state index in [2.05, 4.69) is 11.6 Å². The average molecular weight is 390 g/mol. The molecule has 142 valence electrons. The van der Waals surface area contributed by atoms with Gasteiger partial charge in [0, 0.05) is 35.7 Å². The lowest BCUT2D eigenvalue weighted by Crippen LogP contribution is -2.43. The van der Waals surface area contributed by atoms with Crippen molar-refractivity contribution < 1.29 is 14.0 Å². The first-order chi connectivity index (χ1) is 12.8. The van der Waals surface area contributed by atoms with Crippen LogP contribution in [0.5, 0.6) is 0 Å². The number of primary amides is 1. The normalized spacial score (nSPS) is 20.9. The van der Waals surface area contributed by atoms with Gasteiger partial charge in [0.2, 0.25) is 5.91 Å². The highest BCUT2D eigenvalue weighted by Crippen LogP contribution is 2.56. The van der Waals surface area contributed by atoms with E-state index < -0.39 is 11.7 Å². The van der Waals surface area contributed by atoms with Crippen molar-refractivity contribution in [3.05, 3.63) is 46.4 Å². The molecule has 3 N–H and O–H groups in total. The largest absolute Gasteiger partial charge is 0.366 e. The number of hydrogen-bond acceptors (Lipinski definition) is 2. The van der Waals surface area contributed by atoms with Gasteiger partial charge in [-0.1, -0.05) is 18.2 Å². The lowest BCUT2D eigenvalue weighted by Gasteiger charge is -2.38. The molecule has 2 aliphatic rings. The van der Waals surface area contributed by atoms with Crippen LogP contribution in [0.4, 0.5) is 4.39 Å². The number of rotatable bonds is 3. The van der Waals surface area contributed by atoms with E-state index in [4.69, 9.17) is 17.3 Å². The summed E-state index contributed by atoms with van der Waals surface area (Å²) in [5.41, 5.74) is 7.12. The minimum Gasteiger partial charge on any atom is -0.366 e. The van der Waals surface area contributed by atoms with E-state index in [1.165, 1.54) is 12.1 Å². The van der Waals surface area contributed by atoms with Gasteiger partial charge in [-0.15, -0.1) is 0 Å². The number of amides is 2. The number of hydrogen-bond donors (Lipinski definition) is 2. The first-order valence-electron chi connectivity index (χ1n) is 8.97. The van der Waals surface area contributed by atoms with Gasteiger partial charge in [-0.05, 0) is 43.7 Å². The van der Waals surface area contributed by atoms with E-state index in [0.717, 1.165) is 19.3 Å². The Morgan fingerprint density at radius 1 is 1.48 bits per heavy atom. The smallest absolute Gasteiger partial charge is 0.250 e. The molecule has 1 aromatic heterocycles. The summed E-state index contributed by atoms with van der Waals surface area (Å²) in [6, 6.07) is 1.18. The molecule has 1 aliphatic heterocycles. The standard InChI is InChI=1S/C20H21ClFN3O2/c1-3-14(26)25-8-11(7-20(9-25)4-5-20)15-13(22)6-12(19(23)27)18-16(15)17(21)10(2)24-18/h3,6,11,24H,1,4-5,7-9H2,2H3,(H2,23,27). The Morgan fingerprint density at radius 3 is 2.78 bits per heavy atom. The average Bonchev–Trinajstić information content (AvgIpc) is 3.30. The summed E-state index contributed by atoms with van der Waals surface area (Å²) in [6.45, 7) is 6.42. The molecular formula is C20H21ClFN3O2. The molecule has 2 amide bonds. The summed E-state index contributed by atoms with van der Waals surface area (Å²) < 4.78 is 15.2. The molecule has 1 atom stereocenters. The number of nitrogens with zero attached hydrogens (tertiary/aromatic N) is 1. The van der Waals surface area contributed by atoms with Crippen LogP contribution >= 0.6 is 11.6 Å². The Labute approximate surface area is 161 Å². The summed E-state index contributed by atoms with van der Waals surface area (Å²) >= 11 is 6.48. The van der Waals surface area contributed by atoms with Gasteiger partial charge < -0.3 is 15.6 Å². The first-order valence-corrected chi connectivity index (χ1v) is 9.35. The van der Waals surface area contributed by atoms with Crippen molar-refractivity contribution in [1.82, 2.24) is 9.88 Å². The molecule has 5 nitrogen and oxygen atoms in total. The quantitative estimate of drug-likeness (QED) is 0.786. The van der Waals surface area contributed by atoms with Crippen molar-refractivity contribution in [2.75, 3.05) is 13.1 Å².